The highest BCUT2D eigenvalue weighted by molar-refractivity contribution is 7.87. The molecule has 0 amide bonds. The predicted octanol–water partition coefficient (Wildman–Crippen LogP) is 11.5. The summed E-state index contributed by atoms with van der Waals surface area (Å²) in [6, 6.07) is 24.8. The van der Waals surface area contributed by atoms with E-state index >= 15 is 16.8 Å². The van der Waals surface area contributed by atoms with Gasteiger partial charge in [-0.15, -0.1) is 0 Å². The number of rotatable bonds is 6. The molecule has 5 aromatic carbocycles. The average Bonchev–Trinajstić information content (AvgIpc) is 3.21. The molecule has 1 aliphatic heterocycles. The first-order valence-corrected chi connectivity index (χ1v) is 25.2. The zero-order valence-corrected chi connectivity index (χ0v) is 42.0. The van der Waals surface area contributed by atoms with Crippen molar-refractivity contribution in [3.05, 3.63) is 107 Å². The number of methoxy groups -OCH3 is 3. The van der Waals surface area contributed by atoms with E-state index in [-0.39, 0.29) is 27.0 Å². The first-order chi connectivity index (χ1) is 28.8. The van der Waals surface area contributed by atoms with Crippen molar-refractivity contribution in [2.24, 2.45) is 0 Å². The van der Waals surface area contributed by atoms with Gasteiger partial charge in [0, 0.05) is 6.54 Å². The molecule has 62 heavy (non-hydrogen) atoms. The van der Waals surface area contributed by atoms with E-state index in [4.69, 9.17) is 14.2 Å². The van der Waals surface area contributed by atoms with Crippen LogP contribution in [0.1, 0.15) is 111 Å². The quantitative estimate of drug-likeness (QED) is 0.176. The van der Waals surface area contributed by atoms with Crippen molar-refractivity contribution in [2.75, 3.05) is 26.6 Å². The molecule has 8 nitrogen and oxygen atoms in total. The fourth-order valence-electron chi connectivity index (χ4n) is 7.21. The SMILES string of the molecule is COc1c2cc(C(C)(C)C)cc1S(=O)c1cc(C(C)(C)C)cc(c1OC)S(=O)c1cc(C(C)(C)C)cc(c1OC)S(=O)c1cc(C(C)(C)C)cc(c1NCc1ccccc1)S2=O. The minimum Gasteiger partial charge on any atom is -0.494 e. The van der Waals surface area contributed by atoms with Crippen molar-refractivity contribution in [1.82, 2.24) is 0 Å². The van der Waals surface area contributed by atoms with E-state index in [2.05, 4.69) is 26.1 Å². The molecule has 0 radical (unpaired) electrons. The Bertz CT molecular complexity index is 2500. The molecule has 4 unspecified atom stereocenters. The molecule has 0 aliphatic carbocycles. The van der Waals surface area contributed by atoms with E-state index in [9.17, 15) is 0 Å². The van der Waals surface area contributed by atoms with E-state index in [0.29, 0.717) is 41.6 Å². The lowest BCUT2D eigenvalue weighted by Gasteiger charge is -2.28. The number of nitrogens with one attached hydrogen (secondary N) is 1. The second-order valence-corrected chi connectivity index (χ2v) is 25.4. The molecule has 1 aliphatic rings. The van der Waals surface area contributed by atoms with E-state index < -0.39 is 64.9 Å². The lowest BCUT2D eigenvalue weighted by atomic mass is 9.87. The summed E-state index contributed by atoms with van der Waals surface area (Å²) in [5.74, 6) is 0.547. The van der Waals surface area contributed by atoms with Crippen LogP contribution in [0.5, 0.6) is 17.2 Å². The number of anilines is 1. The Balaban J connectivity index is 1.88. The lowest BCUT2D eigenvalue weighted by molar-refractivity contribution is 0.387. The third-order valence-electron chi connectivity index (χ3n) is 11.1. The van der Waals surface area contributed by atoms with Crippen molar-refractivity contribution in [3.63, 3.8) is 0 Å². The molecule has 1 heterocycles. The van der Waals surface area contributed by atoms with Gasteiger partial charge in [-0.25, -0.2) is 16.8 Å². The van der Waals surface area contributed by atoms with Crippen molar-refractivity contribution in [3.8, 4) is 17.2 Å². The molecule has 0 saturated heterocycles. The van der Waals surface area contributed by atoms with Crippen LogP contribution in [0.4, 0.5) is 5.69 Å². The molecule has 12 heteroatoms. The summed E-state index contributed by atoms with van der Waals surface area (Å²) in [5.41, 5.74) is 2.61. The number of hydrogen-bond donors (Lipinski definition) is 1. The summed E-state index contributed by atoms with van der Waals surface area (Å²) in [6.45, 7) is 24.9. The van der Waals surface area contributed by atoms with Crippen LogP contribution >= 0.6 is 0 Å². The van der Waals surface area contributed by atoms with Crippen molar-refractivity contribution in [1.29, 1.82) is 0 Å². The third kappa shape index (κ3) is 9.26. The fraction of sp³-hybridized carbons (Fsp3) is 0.400. The summed E-state index contributed by atoms with van der Waals surface area (Å²) in [6.07, 6.45) is 0. The van der Waals surface area contributed by atoms with Crippen molar-refractivity contribution in [2.45, 2.75) is 150 Å². The smallest absolute Gasteiger partial charge is 0.151 e. The molecule has 0 spiro atoms. The van der Waals surface area contributed by atoms with Crippen LogP contribution in [0.15, 0.2) is 118 Å². The second kappa shape index (κ2) is 17.5. The maximum atomic E-state index is 15.9. The molecule has 5 aromatic rings. The van der Waals surface area contributed by atoms with Crippen LogP contribution in [-0.4, -0.2) is 38.2 Å². The van der Waals surface area contributed by atoms with Crippen LogP contribution < -0.4 is 19.5 Å². The highest BCUT2D eigenvalue weighted by atomic mass is 32.2. The molecule has 0 aromatic heterocycles. The third-order valence-corrected chi connectivity index (χ3v) is 16.8. The van der Waals surface area contributed by atoms with Crippen LogP contribution in [0.3, 0.4) is 0 Å². The molecule has 1 N–H and O–H groups in total. The topological polar surface area (TPSA) is 108 Å². The zero-order valence-electron chi connectivity index (χ0n) is 38.7. The molecular formula is C50H61NO7S4. The van der Waals surface area contributed by atoms with Crippen LogP contribution in [0, 0.1) is 0 Å². The number of fused-ring (bicyclic) bond motifs is 8. The van der Waals surface area contributed by atoms with E-state index in [1.165, 1.54) is 21.3 Å². The van der Waals surface area contributed by atoms with Gasteiger partial charge in [0.1, 0.15) is 0 Å². The van der Waals surface area contributed by atoms with Crippen LogP contribution in [0.25, 0.3) is 0 Å². The highest BCUT2D eigenvalue weighted by Crippen LogP contribution is 2.48. The van der Waals surface area contributed by atoms with Gasteiger partial charge in [-0.3, -0.25) is 0 Å². The van der Waals surface area contributed by atoms with Crippen LogP contribution in [-0.2, 0) is 71.4 Å². The second-order valence-electron chi connectivity index (χ2n) is 19.8. The van der Waals surface area contributed by atoms with E-state index in [1.807, 2.05) is 141 Å². The standard InChI is InChI=1S/C50H61NO7S4/c1-47(2,3)31-21-35-43(51-29-30-19-17-16-18-20-30)36(22-31)60(53)38-24-33(49(7,8)9)26-40(45(38)57-14)62(55)42-28-34(50(10,11)12)27-41(46(42)58-15)61(54)39-25-32(48(4,5)6)23-37(59(35)52)44(39)56-13/h16-28,51H,29H2,1-15H3. The largest absolute Gasteiger partial charge is 0.494 e. The molecule has 332 valence electrons. The average molecular weight is 916 g/mol. The van der Waals surface area contributed by atoms with Gasteiger partial charge in [0.2, 0.25) is 0 Å². The Kier molecular flexibility index (Phi) is 13.3. The van der Waals surface area contributed by atoms with Crippen molar-refractivity contribution < 1.29 is 31.0 Å². The van der Waals surface area contributed by atoms with Gasteiger partial charge in [0.25, 0.3) is 0 Å². The van der Waals surface area contributed by atoms with Gasteiger partial charge < -0.3 is 19.5 Å². The molecule has 0 saturated carbocycles. The molecular weight excluding hydrogens is 855 g/mol. The number of hydrogen-bond acceptors (Lipinski definition) is 8. The Morgan fingerprint density at radius 1 is 0.403 bits per heavy atom. The van der Waals surface area contributed by atoms with Crippen molar-refractivity contribution >= 4 is 48.9 Å². The molecule has 4 atom stereocenters. The molecule has 0 fully saturated rings. The minimum absolute atomic E-state index is 0.172. The Labute approximate surface area is 378 Å². The first-order valence-electron chi connectivity index (χ1n) is 20.6. The van der Waals surface area contributed by atoms with Gasteiger partial charge in [0.15, 0.2) is 17.2 Å². The van der Waals surface area contributed by atoms with Gasteiger partial charge in [0.05, 0.1) is 109 Å². The minimum atomic E-state index is -2.02. The highest BCUT2D eigenvalue weighted by Gasteiger charge is 2.35. The lowest BCUT2D eigenvalue weighted by Crippen LogP contribution is -2.18. The Hall–Kier alpha value is -4.10. The number of benzene rings is 5. The zero-order chi connectivity index (χ0) is 45.9. The number of ether oxygens (including phenoxy) is 3. The molecule has 6 rings (SSSR count). The normalized spacial score (nSPS) is 18.2. The summed E-state index contributed by atoms with van der Waals surface area (Å²) in [5, 5.41) is 3.58. The monoisotopic (exact) mass is 915 g/mol. The molecule has 8 bridgehead atoms. The van der Waals surface area contributed by atoms with Gasteiger partial charge >= 0.3 is 0 Å². The maximum Gasteiger partial charge on any atom is 0.151 e. The summed E-state index contributed by atoms with van der Waals surface area (Å²) in [7, 11) is -3.59. The van der Waals surface area contributed by atoms with Gasteiger partial charge in [-0.05, 0) is 98.0 Å². The van der Waals surface area contributed by atoms with Gasteiger partial charge in [-0.2, -0.15) is 0 Å². The van der Waals surface area contributed by atoms with E-state index in [1.54, 1.807) is 0 Å². The van der Waals surface area contributed by atoms with Gasteiger partial charge in [-0.1, -0.05) is 113 Å². The van der Waals surface area contributed by atoms with Crippen LogP contribution in [0.2, 0.25) is 0 Å². The Morgan fingerprint density at radius 3 is 0.887 bits per heavy atom. The summed E-state index contributed by atoms with van der Waals surface area (Å²) >= 11 is 0. The van der Waals surface area contributed by atoms with E-state index in [0.717, 1.165) is 27.8 Å². The Morgan fingerprint density at radius 2 is 0.645 bits per heavy atom. The fourth-order valence-corrected chi connectivity index (χ4v) is 13.2. The summed E-state index contributed by atoms with van der Waals surface area (Å²) in [4.78, 5) is 2.54. The predicted molar refractivity (Wildman–Crippen MR) is 253 cm³/mol. The first kappa shape index (κ1) is 47.4. The maximum absolute atomic E-state index is 15.9. The summed E-state index contributed by atoms with van der Waals surface area (Å²) < 4.78 is 81.4.